The van der Waals surface area contributed by atoms with Gasteiger partial charge in [0.05, 0.1) is 17.9 Å². The van der Waals surface area contributed by atoms with Crippen LogP contribution >= 0.6 is 0 Å². The molecule has 29 heavy (non-hydrogen) atoms. The molecule has 0 bridgehead atoms. The summed E-state index contributed by atoms with van der Waals surface area (Å²) in [5.41, 5.74) is 0.528. The van der Waals surface area contributed by atoms with Gasteiger partial charge in [-0.15, -0.1) is 0 Å². The van der Waals surface area contributed by atoms with E-state index >= 15 is 0 Å². The molecule has 2 aliphatic carbocycles. The van der Waals surface area contributed by atoms with Gasteiger partial charge in [-0.25, -0.2) is 17.9 Å². The second kappa shape index (κ2) is 8.52. The highest BCUT2D eigenvalue weighted by atomic mass is 32.2. The van der Waals surface area contributed by atoms with Gasteiger partial charge >= 0.3 is 6.03 Å². The third-order valence-corrected chi connectivity index (χ3v) is 7.48. The number of sulfonamides is 1. The van der Waals surface area contributed by atoms with Gasteiger partial charge in [0.15, 0.2) is 0 Å². The number of amides is 2. The Morgan fingerprint density at radius 2 is 2.03 bits per heavy atom. The standard InChI is InChI=1S/C21H31N3O4S/c25-20-22-11-13-24(20)12-2-1-3-14-29(26,27)23-21(9-10-21)18-5-4-6-19(15-18)28-16-17-7-8-17/h4-6,15,17,23H,1-3,7-14,16H2,(H,22,25). The Morgan fingerprint density at radius 3 is 2.72 bits per heavy atom. The van der Waals surface area contributed by atoms with Crippen LogP contribution in [0.5, 0.6) is 5.75 Å². The Labute approximate surface area is 173 Å². The lowest BCUT2D eigenvalue weighted by molar-refractivity contribution is 0.216. The second-order valence-electron chi connectivity index (χ2n) is 8.56. The molecule has 7 nitrogen and oxygen atoms in total. The first-order valence-electron chi connectivity index (χ1n) is 10.7. The zero-order valence-electron chi connectivity index (χ0n) is 16.9. The predicted molar refractivity (Wildman–Crippen MR) is 111 cm³/mol. The van der Waals surface area contributed by atoms with Gasteiger partial charge in [0.1, 0.15) is 5.75 Å². The van der Waals surface area contributed by atoms with E-state index in [-0.39, 0.29) is 11.8 Å². The number of carbonyl (C=O) groups is 1. The van der Waals surface area contributed by atoms with E-state index in [1.807, 2.05) is 24.3 Å². The van der Waals surface area contributed by atoms with Gasteiger partial charge in [-0.05, 0) is 62.1 Å². The summed E-state index contributed by atoms with van der Waals surface area (Å²) >= 11 is 0. The molecule has 2 saturated carbocycles. The molecule has 2 amide bonds. The van der Waals surface area contributed by atoms with Crippen molar-refractivity contribution in [3.05, 3.63) is 29.8 Å². The molecule has 1 aromatic rings. The molecule has 0 aromatic heterocycles. The van der Waals surface area contributed by atoms with Gasteiger partial charge in [-0.1, -0.05) is 18.6 Å². The summed E-state index contributed by atoms with van der Waals surface area (Å²) in [5, 5.41) is 2.78. The third-order valence-electron chi connectivity index (χ3n) is 5.96. The van der Waals surface area contributed by atoms with Crippen LogP contribution in [0.3, 0.4) is 0 Å². The number of hydrogen-bond acceptors (Lipinski definition) is 4. The molecular formula is C21H31N3O4S. The lowest BCUT2D eigenvalue weighted by Gasteiger charge is -2.19. The van der Waals surface area contributed by atoms with Crippen LogP contribution in [0.15, 0.2) is 24.3 Å². The number of benzene rings is 1. The van der Waals surface area contributed by atoms with Crippen LogP contribution in [0.25, 0.3) is 0 Å². The third kappa shape index (κ3) is 5.63. The number of ether oxygens (including phenoxy) is 1. The fourth-order valence-electron chi connectivity index (χ4n) is 3.80. The number of urea groups is 1. The van der Waals surface area contributed by atoms with E-state index in [4.69, 9.17) is 4.74 Å². The average molecular weight is 422 g/mol. The van der Waals surface area contributed by atoms with Gasteiger partial charge in [0.2, 0.25) is 10.0 Å². The summed E-state index contributed by atoms with van der Waals surface area (Å²) in [6.45, 7) is 2.88. The zero-order chi connectivity index (χ0) is 20.3. The topological polar surface area (TPSA) is 87.7 Å². The summed E-state index contributed by atoms with van der Waals surface area (Å²) < 4.78 is 34.0. The minimum atomic E-state index is -3.35. The fraction of sp³-hybridized carbons (Fsp3) is 0.667. The number of hydrogen-bond donors (Lipinski definition) is 2. The highest BCUT2D eigenvalue weighted by Crippen LogP contribution is 2.47. The lowest BCUT2D eigenvalue weighted by Crippen LogP contribution is -2.36. The SMILES string of the molecule is O=C1NCCN1CCCCCS(=O)(=O)NC1(c2cccc(OCC3CC3)c2)CC1. The van der Waals surface area contributed by atoms with Crippen molar-refractivity contribution in [1.29, 1.82) is 0 Å². The highest BCUT2D eigenvalue weighted by Gasteiger charge is 2.47. The van der Waals surface area contributed by atoms with E-state index in [0.717, 1.165) is 50.1 Å². The zero-order valence-corrected chi connectivity index (χ0v) is 17.7. The van der Waals surface area contributed by atoms with Crippen molar-refractivity contribution in [3.63, 3.8) is 0 Å². The summed E-state index contributed by atoms with van der Waals surface area (Å²) in [6, 6.07) is 7.84. The van der Waals surface area contributed by atoms with Crippen molar-refractivity contribution < 1.29 is 17.9 Å². The van der Waals surface area contributed by atoms with Gasteiger partial charge in [-0.2, -0.15) is 0 Å². The molecule has 4 rings (SSSR count). The smallest absolute Gasteiger partial charge is 0.317 e. The van der Waals surface area contributed by atoms with Crippen molar-refractivity contribution in [2.75, 3.05) is 32.0 Å². The van der Waals surface area contributed by atoms with E-state index in [1.165, 1.54) is 12.8 Å². The van der Waals surface area contributed by atoms with Crippen LogP contribution < -0.4 is 14.8 Å². The molecular weight excluding hydrogens is 390 g/mol. The number of nitrogens with zero attached hydrogens (tertiary/aromatic N) is 1. The van der Waals surface area contributed by atoms with E-state index in [1.54, 1.807) is 4.90 Å². The Morgan fingerprint density at radius 1 is 1.21 bits per heavy atom. The summed E-state index contributed by atoms with van der Waals surface area (Å²) in [5.74, 6) is 1.64. The molecule has 8 heteroatoms. The minimum absolute atomic E-state index is 0.0155. The molecule has 0 atom stereocenters. The average Bonchev–Trinajstić information content (AvgIpc) is 3.61. The predicted octanol–water partition coefficient (Wildman–Crippen LogP) is 2.58. The molecule has 1 heterocycles. The quantitative estimate of drug-likeness (QED) is 0.508. The van der Waals surface area contributed by atoms with Crippen LogP contribution in [0.1, 0.15) is 50.5 Å². The highest BCUT2D eigenvalue weighted by molar-refractivity contribution is 7.89. The molecule has 1 aliphatic heterocycles. The van der Waals surface area contributed by atoms with Crippen molar-refractivity contribution in [2.45, 2.75) is 50.5 Å². The number of rotatable bonds is 12. The van der Waals surface area contributed by atoms with E-state index in [9.17, 15) is 13.2 Å². The van der Waals surface area contributed by atoms with E-state index in [0.29, 0.717) is 25.4 Å². The monoisotopic (exact) mass is 421 g/mol. The summed E-state index contributed by atoms with van der Waals surface area (Å²) in [7, 11) is -3.35. The Hall–Kier alpha value is -1.80. The molecule has 1 saturated heterocycles. The van der Waals surface area contributed by atoms with Crippen LogP contribution in [0.4, 0.5) is 4.79 Å². The number of carbonyl (C=O) groups excluding carboxylic acids is 1. The van der Waals surface area contributed by atoms with Crippen molar-refractivity contribution in [1.82, 2.24) is 14.9 Å². The Bertz CT molecular complexity index is 834. The first-order chi connectivity index (χ1) is 14.0. The van der Waals surface area contributed by atoms with Crippen molar-refractivity contribution in [2.24, 2.45) is 5.92 Å². The molecule has 3 aliphatic rings. The molecule has 0 spiro atoms. The number of nitrogens with one attached hydrogen (secondary N) is 2. The van der Waals surface area contributed by atoms with Crippen LogP contribution in [-0.4, -0.2) is 51.3 Å². The lowest BCUT2D eigenvalue weighted by atomic mass is 10.1. The molecule has 0 radical (unpaired) electrons. The van der Waals surface area contributed by atoms with Gasteiger partial charge in [-0.3, -0.25) is 0 Å². The van der Waals surface area contributed by atoms with Crippen LogP contribution in [0, 0.1) is 5.92 Å². The Kier molecular flexibility index (Phi) is 6.01. The largest absolute Gasteiger partial charge is 0.493 e. The second-order valence-corrected chi connectivity index (χ2v) is 10.4. The maximum Gasteiger partial charge on any atom is 0.317 e. The summed E-state index contributed by atoms with van der Waals surface area (Å²) in [6.07, 6.45) is 6.36. The van der Waals surface area contributed by atoms with Crippen molar-refractivity contribution >= 4 is 16.1 Å². The molecule has 1 aromatic carbocycles. The van der Waals surface area contributed by atoms with Gasteiger partial charge in [0, 0.05) is 19.6 Å². The molecule has 0 unspecified atom stereocenters. The first-order valence-corrected chi connectivity index (χ1v) is 12.4. The molecule has 3 fully saturated rings. The molecule has 160 valence electrons. The first kappa shape index (κ1) is 20.5. The Balaban J connectivity index is 1.24. The van der Waals surface area contributed by atoms with Gasteiger partial charge in [0.25, 0.3) is 0 Å². The van der Waals surface area contributed by atoms with Crippen molar-refractivity contribution in [3.8, 4) is 5.75 Å². The fourth-order valence-corrected chi connectivity index (χ4v) is 5.41. The minimum Gasteiger partial charge on any atom is -0.493 e. The maximum absolute atomic E-state index is 12.6. The van der Waals surface area contributed by atoms with Crippen LogP contribution in [-0.2, 0) is 15.6 Å². The number of unbranched alkanes of at least 4 members (excludes halogenated alkanes) is 2. The van der Waals surface area contributed by atoms with E-state index < -0.39 is 15.6 Å². The van der Waals surface area contributed by atoms with Crippen LogP contribution in [0.2, 0.25) is 0 Å². The summed E-state index contributed by atoms with van der Waals surface area (Å²) in [4.78, 5) is 13.3. The molecule has 2 N–H and O–H groups in total. The normalized spacial score (nSPS) is 20.6. The van der Waals surface area contributed by atoms with Gasteiger partial charge < -0.3 is 15.0 Å². The maximum atomic E-state index is 12.6. The van der Waals surface area contributed by atoms with E-state index in [2.05, 4.69) is 10.0 Å².